The van der Waals surface area contributed by atoms with Crippen LogP contribution in [-0.4, -0.2) is 10.9 Å². The Morgan fingerprint density at radius 2 is 2.19 bits per heavy atom. The quantitative estimate of drug-likeness (QED) is 0.886. The molecular weight excluding hydrogens is 224 g/mol. The van der Waals surface area contributed by atoms with Gasteiger partial charge in [-0.1, -0.05) is 23.5 Å². The van der Waals surface area contributed by atoms with Crippen molar-refractivity contribution in [2.45, 2.75) is 6.92 Å². The van der Waals surface area contributed by atoms with Crippen LogP contribution in [0.3, 0.4) is 0 Å². The molecule has 0 bridgehead atoms. The Morgan fingerprint density at radius 1 is 1.44 bits per heavy atom. The summed E-state index contributed by atoms with van der Waals surface area (Å²) in [5.74, 6) is -0.0757. The third-order valence-corrected chi connectivity index (χ3v) is 2.74. The Balaban J connectivity index is 2.31. The average molecular weight is 234 g/mol. The molecule has 0 aliphatic heterocycles. The third-order valence-electron chi connectivity index (χ3n) is 1.95. The number of benzene rings is 1. The number of carbonyl (C=O) groups excluding carboxylic acids is 1. The molecule has 16 heavy (non-hydrogen) atoms. The van der Waals surface area contributed by atoms with Gasteiger partial charge in [-0.2, -0.15) is 0 Å². The lowest BCUT2D eigenvalue weighted by Gasteiger charge is -2.05. The van der Waals surface area contributed by atoms with Crippen LogP contribution in [0, 0.1) is 6.92 Å². The first kappa shape index (κ1) is 10.6. The molecule has 0 atom stereocenters. The van der Waals surface area contributed by atoms with Crippen LogP contribution in [0.1, 0.15) is 15.2 Å². The van der Waals surface area contributed by atoms with Gasteiger partial charge in [0.25, 0.3) is 11.1 Å². The first-order valence-electron chi connectivity index (χ1n) is 4.66. The van der Waals surface area contributed by atoms with Gasteiger partial charge < -0.3 is 10.5 Å². The van der Waals surface area contributed by atoms with E-state index in [1.165, 1.54) is 11.3 Å². The summed E-state index contributed by atoms with van der Waals surface area (Å²) in [5.41, 5.74) is 5.59. The number of hydrogen-bond donors (Lipinski definition) is 1. The summed E-state index contributed by atoms with van der Waals surface area (Å²) < 4.78 is 5.50. The highest BCUT2D eigenvalue weighted by Gasteiger charge is 2.10. The van der Waals surface area contributed by atoms with Gasteiger partial charge in [0.2, 0.25) is 0 Å². The summed E-state index contributed by atoms with van der Waals surface area (Å²) in [5, 5.41) is 0.506. The number of primary amides is 1. The number of aromatic nitrogens is 1. The van der Waals surface area contributed by atoms with Crippen molar-refractivity contribution in [2.75, 3.05) is 0 Å². The Bertz CT molecular complexity index is 522. The molecule has 2 N–H and O–H groups in total. The summed E-state index contributed by atoms with van der Waals surface area (Å²) in [4.78, 5) is 16.2. The molecule has 0 saturated carbocycles. The van der Waals surface area contributed by atoms with E-state index in [4.69, 9.17) is 10.5 Å². The third kappa shape index (κ3) is 2.20. The number of hydrogen-bond acceptors (Lipinski definition) is 4. The van der Waals surface area contributed by atoms with Gasteiger partial charge in [-0.25, -0.2) is 4.98 Å². The van der Waals surface area contributed by atoms with Crippen molar-refractivity contribution >= 4 is 17.2 Å². The summed E-state index contributed by atoms with van der Waals surface area (Å²) >= 11 is 1.42. The number of carbonyl (C=O) groups is 1. The van der Waals surface area contributed by atoms with Crippen molar-refractivity contribution in [1.29, 1.82) is 0 Å². The maximum Gasteiger partial charge on any atom is 0.278 e. The first-order valence-corrected chi connectivity index (χ1v) is 5.47. The van der Waals surface area contributed by atoms with Crippen LogP contribution in [-0.2, 0) is 0 Å². The van der Waals surface area contributed by atoms with Crippen molar-refractivity contribution < 1.29 is 9.53 Å². The Hall–Kier alpha value is -1.88. The fraction of sp³-hybridized carbons (Fsp3) is 0.0909. The molecule has 1 amide bonds. The average Bonchev–Trinajstić information content (AvgIpc) is 2.64. The van der Waals surface area contributed by atoms with Crippen LogP contribution < -0.4 is 10.5 Å². The van der Waals surface area contributed by atoms with Crippen LogP contribution >= 0.6 is 11.3 Å². The van der Waals surface area contributed by atoms with E-state index < -0.39 is 5.91 Å². The van der Waals surface area contributed by atoms with Gasteiger partial charge in [-0.3, -0.25) is 4.79 Å². The standard InChI is InChI=1S/C11H10N2O2S/c1-7-6-13-11(16-7)15-9-5-3-2-4-8(9)10(12)14/h2-6H,1H3,(H2,12,14). The van der Waals surface area contributed by atoms with Gasteiger partial charge in [0.15, 0.2) is 0 Å². The predicted molar refractivity (Wildman–Crippen MR) is 61.9 cm³/mol. The van der Waals surface area contributed by atoms with Crippen molar-refractivity contribution in [3.05, 3.63) is 40.9 Å². The van der Waals surface area contributed by atoms with Crippen LogP contribution in [0.25, 0.3) is 0 Å². The largest absolute Gasteiger partial charge is 0.430 e. The minimum atomic E-state index is -0.510. The van der Waals surface area contributed by atoms with Crippen molar-refractivity contribution in [3.63, 3.8) is 0 Å². The van der Waals surface area contributed by atoms with Crippen molar-refractivity contribution in [3.8, 4) is 10.9 Å². The van der Waals surface area contributed by atoms with E-state index in [9.17, 15) is 4.79 Å². The zero-order valence-electron chi connectivity index (χ0n) is 8.64. The van der Waals surface area contributed by atoms with Gasteiger partial charge in [-0.15, -0.1) is 0 Å². The highest BCUT2D eigenvalue weighted by molar-refractivity contribution is 7.13. The lowest BCUT2D eigenvalue weighted by Crippen LogP contribution is -2.11. The molecule has 0 fully saturated rings. The van der Waals surface area contributed by atoms with Crippen LogP contribution in [0.15, 0.2) is 30.5 Å². The molecule has 5 heteroatoms. The minimum absolute atomic E-state index is 0.357. The zero-order valence-corrected chi connectivity index (χ0v) is 9.45. The molecule has 0 saturated heterocycles. The van der Waals surface area contributed by atoms with E-state index in [1.54, 1.807) is 30.5 Å². The summed E-state index contributed by atoms with van der Waals surface area (Å²) in [7, 11) is 0. The van der Waals surface area contributed by atoms with Gasteiger partial charge in [0, 0.05) is 11.1 Å². The van der Waals surface area contributed by atoms with Crippen LogP contribution in [0.4, 0.5) is 0 Å². The summed E-state index contributed by atoms with van der Waals surface area (Å²) in [6.07, 6.45) is 1.72. The summed E-state index contributed by atoms with van der Waals surface area (Å²) in [6.45, 7) is 1.94. The van der Waals surface area contributed by atoms with Crippen LogP contribution in [0.2, 0.25) is 0 Å². The Kier molecular flexibility index (Phi) is 2.87. The molecule has 0 spiro atoms. The topological polar surface area (TPSA) is 65.2 Å². The highest BCUT2D eigenvalue weighted by Crippen LogP contribution is 2.28. The van der Waals surface area contributed by atoms with E-state index in [1.807, 2.05) is 6.92 Å². The number of aryl methyl sites for hydroxylation is 1. The van der Waals surface area contributed by atoms with E-state index in [-0.39, 0.29) is 0 Å². The second-order valence-electron chi connectivity index (χ2n) is 3.20. The molecule has 4 nitrogen and oxygen atoms in total. The van der Waals surface area contributed by atoms with E-state index in [2.05, 4.69) is 4.98 Å². The predicted octanol–water partition coefficient (Wildman–Crippen LogP) is 2.34. The van der Waals surface area contributed by atoms with Crippen LogP contribution in [0.5, 0.6) is 10.9 Å². The smallest absolute Gasteiger partial charge is 0.278 e. The SMILES string of the molecule is Cc1cnc(Oc2ccccc2C(N)=O)s1. The maximum absolute atomic E-state index is 11.1. The molecule has 1 aromatic carbocycles. The van der Waals surface area contributed by atoms with Gasteiger partial charge in [-0.05, 0) is 19.1 Å². The minimum Gasteiger partial charge on any atom is -0.430 e. The number of ether oxygens (including phenoxy) is 1. The Labute approximate surface area is 96.7 Å². The molecule has 0 unspecified atom stereocenters. The summed E-state index contributed by atoms with van der Waals surface area (Å²) in [6, 6.07) is 6.83. The first-order chi connectivity index (χ1) is 7.66. The fourth-order valence-corrected chi connectivity index (χ4v) is 1.85. The van der Waals surface area contributed by atoms with Crippen molar-refractivity contribution in [2.24, 2.45) is 5.73 Å². The van der Waals surface area contributed by atoms with Crippen molar-refractivity contribution in [1.82, 2.24) is 4.98 Å². The second kappa shape index (κ2) is 4.32. The fourth-order valence-electron chi connectivity index (χ4n) is 1.23. The number of para-hydroxylation sites is 1. The van der Waals surface area contributed by atoms with Gasteiger partial charge in [0.05, 0.1) is 5.56 Å². The lowest BCUT2D eigenvalue weighted by molar-refractivity contribution is 0.0998. The molecule has 2 aromatic rings. The maximum atomic E-state index is 11.1. The second-order valence-corrected chi connectivity index (χ2v) is 4.40. The van der Waals surface area contributed by atoms with E-state index in [0.717, 1.165) is 4.88 Å². The molecule has 0 radical (unpaired) electrons. The van der Waals surface area contributed by atoms with Gasteiger partial charge in [0.1, 0.15) is 5.75 Å². The molecule has 1 aromatic heterocycles. The molecular formula is C11H10N2O2S. The number of rotatable bonds is 3. The lowest BCUT2D eigenvalue weighted by atomic mass is 10.2. The Morgan fingerprint density at radius 3 is 2.81 bits per heavy atom. The van der Waals surface area contributed by atoms with Gasteiger partial charge >= 0.3 is 0 Å². The normalized spacial score (nSPS) is 10.1. The number of nitrogens with two attached hydrogens (primary N) is 1. The number of thiazole rings is 1. The number of amides is 1. The molecule has 0 aliphatic carbocycles. The van der Waals surface area contributed by atoms with E-state index >= 15 is 0 Å². The highest BCUT2D eigenvalue weighted by atomic mass is 32.1. The molecule has 2 rings (SSSR count). The molecule has 0 aliphatic rings. The number of nitrogens with zero attached hydrogens (tertiary/aromatic N) is 1. The van der Waals surface area contributed by atoms with E-state index in [0.29, 0.717) is 16.5 Å². The molecule has 1 heterocycles. The zero-order chi connectivity index (χ0) is 11.5. The monoisotopic (exact) mass is 234 g/mol. The molecule has 82 valence electrons.